The molecular formula is C19H16F2N4O. The van der Waals surface area contributed by atoms with Crippen LogP contribution in [0.3, 0.4) is 0 Å². The fourth-order valence-corrected chi connectivity index (χ4v) is 2.24. The smallest absolute Gasteiger partial charge is 0.258 e. The van der Waals surface area contributed by atoms with Crippen LogP contribution in [0.5, 0.6) is 0 Å². The third-order valence-corrected chi connectivity index (χ3v) is 3.71. The van der Waals surface area contributed by atoms with Crippen molar-refractivity contribution < 1.29 is 13.6 Å². The molecule has 132 valence electrons. The van der Waals surface area contributed by atoms with Crippen molar-refractivity contribution in [1.29, 1.82) is 0 Å². The molecule has 2 N–H and O–H groups in total. The maximum Gasteiger partial charge on any atom is 0.258 e. The summed E-state index contributed by atoms with van der Waals surface area (Å²) in [6.45, 7) is 2.08. The molecule has 1 aromatic heterocycles. The molecule has 0 radical (unpaired) electrons. The Bertz CT molecular complexity index is 912. The van der Waals surface area contributed by atoms with Crippen molar-refractivity contribution >= 4 is 23.2 Å². The second-order valence-electron chi connectivity index (χ2n) is 5.55. The second-order valence-corrected chi connectivity index (χ2v) is 5.55. The lowest BCUT2D eigenvalue weighted by molar-refractivity contribution is 0.102. The normalized spacial score (nSPS) is 10.4. The van der Waals surface area contributed by atoms with Crippen molar-refractivity contribution in [3.05, 3.63) is 77.6 Å². The average Bonchev–Trinajstić information content (AvgIpc) is 2.66. The number of amides is 1. The highest BCUT2D eigenvalue weighted by atomic mass is 19.2. The fraction of sp³-hybridized carbons (Fsp3) is 0.105. The zero-order valence-electron chi connectivity index (χ0n) is 14.0. The van der Waals surface area contributed by atoms with Crippen LogP contribution in [0.2, 0.25) is 0 Å². The Labute approximate surface area is 149 Å². The molecule has 0 spiro atoms. The van der Waals surface area contributed by atoms with Crippen LogP contribution in [0, 0.1) is 11.6 Å². The minimum absolute atomic E-state index is 0.145. The number of hydrogen-bond donors (Lipinski definition) is 2. The Morgan fingerprint density at radius 2 is 1.62 bits per heavy atom. The van der Waals surface area contributed by atoms with E-state index in [1.165, 1.54) is 24.0 Å². The number of aryl methyl sites for hydroxylation is 1. The molecule has 0 saturated heterocycles. The lowest BCUT2D eigenvalue weighted by atomic mass is 10.1. The largest absolute Gasteiger partial charge is 0.324 e. The molecule has 0 saturated carbocycles. The summed E-state index contributed by atoms with van der Waals surface area (Å²) in [4.78, 5) is 20.3. The standard InChI is InChI=1S/C19H16F2N4O/c1-2-12-3-5-14(6-4-12)25-19-22-10-13(11-23-19)18(26)24-15-7-8-16(20)17(21)9-15/h3-11H,2H2,1H3,(H,24,26)(H,22,23,25). The maximum absolute atomic E-state index is 13.2. The minimum Gasteiger partial charge on any atom is -0.324 e. The lowest BCUT2D eigenvalue weighted by Gasteiger charge is -2.07. The van der Waals surface area contributed by atoms with Crippen LogP contribution in [0.1, 0.15) is 22.8 Å². The summed E-state index contributed by atoms with van der Waals surface area (Å²) < 4.78 is 26.1. The summed E-state index contributed by atoms with van der Waals surface area (Å²) in [7, 11) is 0. The van der Waals surface area contributed by atoms with Crippen molar-refractivity contribution in [2.75, 3.05) is 10.6 Å². The quantitative estimate of drug-likeness (QED) is 0.716. The van der Waals surface area contributed by atoms with Gasteiger partial charge in [-0.25, -0.2) is 18.7 Å². The molecule has 0 unspecified atom stereocenters. The number of carbonyl (C=O) groups excluding carboxylic acids is 1. The van der Waals surface area contributed by atoms with Crippen molar-refractivity contribution in [1.82, 2.24) is 9.97 Å². The van der Waals surface area contributed by atoms with Gasteiger partial charge in [-0.3, -0.25) is 4.79 Å². The third-order valence-electron chi connectivity index (χ3n) is 3.71. The molecule has 3 aromatic rings. The van der Waals surface area contributed by atoms with Gasteiger partial charge in [-0.15, -0.1) is 0 Å². The highest BCUT2D eigenvalue weighted by molar-refractivity contribution is 6.03. The predicted molar refractivity (Wildman–Crippen MR) is 95.4 cm³/mol. The number of nitrogens with zero attached hydrogens (tertiary/aromatic N) is 2. The molecule has 5 nitrogen and oxygen atoms in total. The van der Waals surface area contributed by atoms with Gasteiger partial charge in [0.15, 0.2) is 11.6 Å². The zero-order chi connectivity index (χ0) is 18.5. The number of nitrogens with one attached hydrogen (secondary N) is 2. The van der Waals surface area contributed by atoms with Crippen LogP contribution in [0.25, 0.3) is 0 Å². The summed E-state index contributed by atoms with van der Waals surface area (Å²) in [6, 6.07) is 11.0. The number of aromatic nitrogens is 2. The summed E-state index contributed by atoms with van der Waals surface area (Å²) in [6.07, 6.45) is 3.66. The number of anilines is 3. The number of halogens is 2. The predicted octanol–water partition coefficient (Wildman–Crippen LogP) is 4.31. The SMILES string of the molecule is CCc1ccc(Nc2ncc(C(=O)Nc3ccc(F)c(F)c3)cn2)cc1. The van der Waals surface area contributed by atoms with Gasteiger partial charge in [0.1, 0.15) is 0 Å². The molecule has 7 heteroatoms. The van der Waals surface area contributed by atoms with E-state index in [0.717, 1.165) is 24.2 Å². The van der Waals surface area contributed by atoms with Crippen LogP contribution < -0.4 is 10.6 Å². The highest BCUT2D eigenvalue weighted by Gasteiger charge is 2.10. The highest BCUT2D eigenvalue weighted by Crippen LogP contribution is 2.16. The molecule has 3 rings (SSSR count). The Morgan fingerprint density at radius 1 is 0.962 bits per heavy atom. The van der Waals surface area contributed by atoms with Gasteiger partial charge in [0.2, 0.25) is 5.95 Å². The van der Waals surface area contributed by atoms with Gasteiger partial charge in [-0.05, 0) is 36.2 Å². The summed E-state index contributed by atoms with van der Waals surface area (Å²) in [5, 5.41) is 5.50. The van der Waals surface area contributed by atoms with E-state index in [-0.39, 0.29) is 11.3 Å². The molecule has 0 bridgehead atoms. The Kier molecular flexibility index (Phi) is 5.17. The van der Waals surface area contributed by atoms with Crippen molar-refractivity contribution in [3.63, 3.8) is 0 Å². The molecule has 0 aliphatic rings. The van der Waals surface area contributed by atoms with Gasteiger partial charge in [0.05, 0.1) is 5.56 Å². The third kappa shape index (κ3) is 4.18. The zero-order valence-corrected chi connectivity index (χ0v) is 14.0. The molecule has 0 atom stereocenters. The Morgan fingerprint density at radius 3 is 2.23 bits per heavy atom. The number of rotatable bonds is 5. The first kappa shape index (κ1) is 17.5. The molecule has 1 amide bonds. The molecular weight excluding hydrogens is 338 g/mol. The van der Waals surface area contributed by atoms with Crippen LogP contribution in [0.15, 0.2) is 54.9 Å². The van der Waals surface area contributed by atoms with E-state index in [0.29, 0.717) is 5.95 Å². The van der Waals surface area contributed by atoms with E-state index < -0.39 is 17.5 Å². The van der Waals surface area contributed by atoms with Gasteiger partial charge in [-0.1, -0.05) is 19.1 Å². The summed E-state index contributed by atoms with van der Waals surface area (Å²) in [5.41, 5.74) is 2.40. The number of hydrogen-bond acceptors (Lipinski definition) is 4. The van der Waals surface area contributed by atoms with Crippen molar-refractivity contribution in [3.8, 4) is 0 Å². The van der Waals surface area contributed by atoms with E-state index in [1.54, 1.807) is 0 Å². The lowest BCUT2D eigenvalue weighted by Crippen LogP contribution is -2.13. The van der Waals surface area contributed by atoms with Gasteiger partial charge in [-0.2, -0.15) is 0 Å². The maximum atomic E-state index is 13.2. The number of benzene rings is 2. The summed E-state index contributed by atoms with van der Waals surface area (Å²) >= 11 is 0. The van der Waals surface area contributed by atoms with Gasteiger partial charge >= 0.3 is 0 Å². The molecule has 0 fully saturated rings. The molecule has 0 aliphatic heterocycles. The first-order valence-corrected chi connectivity index (χ1v) is 7.99. The topological polar surface area (TPSA) is 66.9 Å². The Balaban J connectivity index is 1.66. The molecule has 0 aliphatic carbocycles. The molecule has 2 aromatic carbocycles. The van der Waals surface area contributed by atoms with Crippen LogP contribution in [-0.4, -0.2) is 15.9 Å². The summed E-state index contributed by atoms with van der Waals surface area (Å²) in [5.74, 6) is -2.19. The average molecular weight is 354 g/mol. The van der Waals surface area contributed by atoms with Crippen molar-refractivity contribution in [2.45, 2.75) is 13.3 Å². The van der Waals surface area contributed by atoms with Gasteiger partial charge in [0, 0.05) is 29.8 Å². The van der Waals surface area contributed by atoms with Crippen molar-refractivity contribution in [2.24, 2.45) is 0 Å². The molecule has 26 heavy (non-hydrogen) atoms. The van der Waals surface area contributed by atoms with Crippen LogP contribution >= 0.6 is 0 Å². The molecule has 1 heterocycles. The van der Waals surface area contributed by atoms with Crippen LogP contribution in [-0.2, 0) is 6.42 Å². The first-order chi connectivity index (χ1) is 12.5. The van der Waals surface area contributed by atoms with Gasteiger partial charge < -0.3 is 10.6 Å². The van der Waals surface area contributed by atoms with Gasteiger partial charge in [0.25, 0.3) is 5.91 Å². The van der Waals surface area contributed by atoms with E-state index in [9.17, 15) is 13.6 Å². The monoisotopic (exact) mass is 354 g/mol. The Hall–Kier alpha value is -3.35. The fourth-order valence-electron chi connectivity index (χ4n) is 2.24. The van der Waals surface area contributed by atoms with E-state index in [2.05, 4.69) is 27.5 Å². The number of carbonyl (C=O) groups is 1. The minimum atomic E-state index is -1.03. The van der Waals surface area contributed by atoms with E-state index >= 15 is 0 Å². The first-order valence-electron chi connectivity index (χ1n) is 7.99. The van der Waals surface area contributed by atoms with E-state index in [1.807, 2.05) is 24.3 Å². The van der Waals surface area contributed by atoms with E-state index in [4.69, 9.17) is 0 Å². The second kappa shape index (κ2) is 7.69. The van der Waals surface area contributed by atoms with Crippen LogP contribution in [0.4, 0.5) is 26.1 Å².